The molecule has 1 N–H and O–H groups in total. The van der Waals surface area contributed by atoms with Gasteiger partial charge in [-0.05, 0) is 37.3 Å². The molecule has 0 radical (unpaired) electrons. The van der Waals surface area contributed by atoms with Crippen LogP contribution in [-0.4, -0.2) is 16.7 Å². The van der Waals surface area contributed by atoms with Crippen LogP contribution in [0.25, 0.3) is 6.08 Å². The van der Waals surface area contributed by atoms with E-state index in [2.05, 4.69) is 10.3 Å². The van der Waals surface area contributed by atoms with Gasteiger partial charge in [-0.3, -0.25) is 9.59 Å². The van der Waals surface area contributed by atoms with Crippen molar-refractivity contribution in [1.82, 2.24) is 4.98 Å². The molecule has 1 aromatic heterocycles. The fraction of sp³-hybridized carbons (Fsp3) is 0.125. The number of aryl methyl sites for hydroxylation is 1. The molecule has 0 fully saturated rings. The number of allylic oxidation sites excluding steroid dienone is 1. The van der Waals surface area contributed by atoms with E-state index < -0.39 is 17.6 Å². The summed E-state index contributed by atoms with van der Waals surface area (Å²) in [6.45, 7) is 1.84. The van der Waals surface area contributed by atoms with E-state index in [1.54, 1.807) is 11.4 Å². The third-order valence-corrected chi connectivity index (χ3v) is 4.26. The van der Waals surface area contributed by atoms with Crippen LogP contribution >= 0.6 is 34.5 Å². The zero-order valence-electron chi connectivity index (χ0n) is 12.4. The van der Waals surface area contributed by atoms with Gasteiger partial charge in [-0.15, -0.1) is 11.3 Å². The molecule has 1 heterocycles. The number of halogens is 2. The highest BCUT2D eigenvalue weighted by atomic mass is 35.5. The molecule has 0 bridgehead atoms. The molecule has 0 saturated heterocycles. The number of nitrogens with one attached hydrogen (secondary N) is 1. The highest BCUT2D eigenvalue weighted by Gasteiger charge is 2.25. The van der Waals surface area contributed by atoms with E-state index in [1.807, 2.05) is 6.92 Å². The maximum atomic E-state index is 12.1. The number of carbonyl (C=O) groups is 2. The van der Waals surface area contributed by atoms with Gasteiger partial charge in [-0.25, -0.2) is 4.98 Å². The van der Waals surface area contributed by atoms with Gasteiger partial charge in [-0.1, -0.05) is 23.2 Å². The van der Waals surface area contributed by atoms with Gasteiger partial charge in [0.05, 0.1) is 27.5 Å². The van der Waals surface area contributed by atoms with E-state index in [4.69, 9.17) is 28.5 Å². The molecule has 0 aliphatic carbocycles. The Hall–Kier alpha value is -2.20. The lowest BCUT2D eigenvalue weighted by atomic mass is 10.0. The summed E-state index contributed by atoms with van der Waals surface area (Å²) >= 11 is 13.2. The number of ketones is 1. The lowest BCUT2D eigenvalue weighted by Gasteiger charge is -2.09. The summed E-state index contributed by atoms with van der Waals surface area (Å²) < 4.78 is 0. The molecule has 1 atom stereocenters. The predicted octanol–water partition coefficient (Wildman–Crippen LogP) is 4.12. The Morgan fingerprint density at radius 3 is 2.75 bits per heavy atom. The molecule has 2 aromatic rings. The Labute approximate surface area is 152 Å². The van der Waals surface area contributed by atoms with E-state index in [1.165, 1.54) is 41.7 Å². The first-order valence-corrected chi connectivity index (χ1v) is 8.34. The molecule has 8 heteroatoms. The van der Waals surface area contributed by atoms with E-state index >= 15 is 0 Å². The number of rotatable bonds is 5. The number of thiazole rings is 1. The smallest absolute Gasteiger partial charge is 0.249 e. The van der Waals surface area contributed by atoms with Crippen LogP contribution in [-0.2, 0) is 9.59 Å². The van der Waals surface area contributed by atoms with Crippen molar-refractivity contribution in [2.75, 3.05) is 5.32 Å². The number of amides is 1. The van der Waals surface area contributed by atoms with Crippen LogP contribution < -0.4 is 5.32 Å². The van der Waals surface area contributed by atoms with E-state index in [0.717, 1.165) is 5.01 Å². The summed E-state index contributed by atoms with van der Waals surface area (Å²) in [5.41, 5.74) is 0.877. The van der Waals surface area contributed by atoms with Gasteiger partial charge in [-0.2, -0.15) is 5.26 Å². The topological polar surface area (TPSA) is 82.8 Å². The molecule has 1 unspecified atom stereocenters. The Kier molecular flexibility index (Phi) is 6.10. The van der Waals surface area contributed by atoms with Crippen molar-refractivity contribution in [2.24, 2.45) is 5.92 Å². The summed E-state index contributed by atoms with van der Waals surface area (Å²) in [5.74, 6) is -2.87. The van der Waals surface area contributed by atoms with Crippen molar-refractivity contribution in [1.29, 1.82) is 5.26 Å². The molecule has 24 heavy (non-hydrogen) atoms. The minimum Gasteiger partial charge on any atom is -0.323 e. The quantitative estimate of drug-likeness (QED) is 0.625. The van der Waals surface area contributed by atoms with Gasteiger partial charge < -0.3 is 5.32 Å². The number of hydrogen-bond donors (Lipinski definition) is 1. The summed E-state index contributed by atoms with van der Waals surface area (Å²) in [6.07, 6.45) is 2.64. The van der Waals surface area contributed by atoms with Gasteiger partial charge in [0.25, 0.3) is 0 Å². The van der Waals surface area contributed by atoms with Crippen LogP contribution in [0, 0.1) is 24.2 Å². The second-order valence-electron chi connectivity index (χ2n) is 4.70. The average molecular weight is 380 g/mol. The zero-order chi connectivity index (χ0) is 17.7. The van der Waals surface area contributed by atoms with Gasteiger partial charge in [0.15, 0.2) is 11.7 Å². The second kappa shape index (κ2) is 8.06. The number of aromatic nitrogens is 1. The molecular weight excluding hydrogens is 369 g/mol. The normalized spacial score (nSPS) is 11.9. The lowest BCUT2D eigenvalue weighted by molar-refractivity contribution is -0.126. The summed E-state index contributed by atoms with van der Waals surface area (Å²) in [7, 11) is 0. The summed E-state index contributed by atoms with van der Waals surface area (Å²) in [6, 6.07) is 6.18. The van der Waals surface area contributed by atoms with Gasteiger partial charge in [0, 0.05) is 10.4 Å². The van der Waals surface area contributed by atoms with E-state index in [9.17, 15) is 9.59 Å². The Balaban J connectivity index is 2.09. The molecule has 1 aromatic carbocycles. The number of anilines is 1. The highest BCUT2D eigenvalue weighted by Crippen LogP contribution is 2.25. The Bertz CT molecular complexity index is 855. The maximum absolute atomic E-state index is 12.1. The first kappa shape index (κ1) is 18.1. The van der Waals surface area contributed by atoms with E-state index in [-0.39, 0.29) is 10.7 Å². The minimum atomic E-state index is -1.48. The molecule has 0 saturated carbocycles. The van der Waals surface area contributed by atoms with Crippen LogP contribution in [0.2, 0.25) is 10.0 Å². The van der Waals surface area contributed by atoms with Crippen LogP contribution in [0.1, 0.15) is 10.7 Å². The molecule has 0 aliphatic heterocycles. The number of benzene rings is 1. The Morgan fingerprint density at radius 1 is 1.42 bits per heavy atom. The van der Waals surface area contributed by atoms with Crippen LogP contribution in [0.4, 0.5) is 5.69 Å². The molecule has 0 spiro atoms. The SMILES string of the molecule is Cc1nc(C=CC(=O)C(C#N)C(=O)Nc2ccc(Cl)cc2Cl)cs1. The lowest BCUT2D eigenvalue weighted by Crippen LogP contribution is -2.27. The van der Waals surface area contributed by atoms with Crippen molar-refractivity contribution in [3.05, 3.63) is 50.4 Å². The second-order valence-corrected chi connectivity index (χ2v) is 6.61. The van der Waals surface area contributed by atoms with Crippen molar-refractivity contribution < 1.29 is 9.59 Å². The average Bonchev–Trinajstić information content (AvgIpc) is 2.94. The fourth-order valence-corrected chi connectivity index (χ4v) is 2.80. The van der Waals surface area contributed by atoms with Crippen molar-refractivity contribution in [2.45, 2.75) is 6.92 Å². The van der Waals surface area contributed by atoms with Gasteiger partial charge in [0.1, 0.15) is 0 Å². The molecule has 0 aliphatic rings. The third-order valence-electron chi connectivity index (χ3n) is 2.92. The number of nitriles is 1. The van der Waals surface area contributed by atoms with Gasteiger partial charge >= 0.3 is 0 Å². The minimum absolute atomic E-state index is 0.216. The Morgan fingerprint density at radius 2 is 2.17 bits per heavy atom. The highest BCUT2D eigenvalue weighted by molar-refractivity contribution is 7.09. The van der Waals surface area contributed by atoms with Crippen LogP contribution in [0.3, 0.4) is 0 Å². The molecule has 122 valence electrons. The van der Waals surface area contributed by atoms with Gasteiger partial charge in [0.2, 0.25) is 5.91 Å². The number of hydrogen-bond acceptors (Lipinski definition) is 5. The molecule has 1 amide bonds. The number of carbonyl (C=O) groups excluding carboxylic acids is 2. The molecule has 2 rings (SSSR count). The number of nitrogens with zero attached hydrogens (tertiary/aromatic N) is 2. The predicted molar refractivity (Wildman–Crippen MR) is 95.1 cm³/mol. The summed E-state index contributed by atoms with van der Waals surface area (Å²) in [5, 5.41) is 14.8. The summed E-state index contributed by atoms with van der Waals surface area (Å²) in [4.78, 5) is 28.4. The molecule has 5 nitrogen and oxygen atoms in total. The maximum Gasteiger partial charge on any atom is 0.249 e. The fourth-order valence-electron chi connectivity index (χ4n) is 1.77. The van der Waals surface area contributed by atoms with Crippen LogP contribution in [0.15, 0.2) is 29.7 Å². The van der Waals surface area contributed by atoms with E-state index in [0.29, 0.717) is 10.7 Å². The standard InChI is InChI=1S/C16H11Cl2N3O2S/c1-9-20-11(8-24-9)3-5-15(22)12(7-19)16(23)21-14-4-2-10(17)6-13(14)18/h2-6,8,12H,1H3,(H,21,23). The van der Waals surface area contributed by atoms with Crippen LogP contribution in [0.5, 0.6) is 0 Å². The van der Waals surface area contributed by atoms with Crippen molar-refractivity contribution >= 4 is 58.0 Å². The zero-order valence-corrected chi connectivity index (χ0v) is 14.7. The first-order valence-electron chi connectivity index (χ1n) is 6.70. The molecular formula is C16H11Cl2N3O2S. The monoisotopic (exact) mass is 379 g/mol. The van der Waals surface area contributed by atoms with Crippen molar-refractivity contribution in [3.8, 4) is 6.07 Å². The third kappa shape index (κ3) is 4.65. The first-order chi connectivity index (χ1) is 11.4. The largest absolute Gasteiger partial charge is 0.323 e. The van der Waals surface area contributed by atoms with Crippen molar-refractivity contribution in [3.63, 3.8) is 0 Å².